The predicted molar refractivity (Wildman–Crippen MR) is 123 cm³/mol. The molecule has 2 aliphatic heterocycles. The van der Waals surface area contributed by atoms with Crippen molar-refractivity contribution in [2.45, 2.75) is 12.2 Å². The Morgan fingerprint density at radius 3 is 2.18 bits per heavy atom. The number of H-pyrrole nitrogens is 1. The summed E-state index contributed by atoms with van der Waals surface area (Å²) in [5, 5.41) is 0. The van der Waals surface area contributed by atoms with E-state index in [1.807, 2.05) is 11.0 Å². The molecule has 0 atom stereocenters. The number of aromatic amines is 1. The summed E-state index contributed by atoms with van der Waals surface area (Å²) in [7, 11) is 0. The Bertz CT molecular complexity index is 1160. The number of carbonyl (C=O) groups excluding carboxylic acids is 2. The molecule has 2 aromatic heterocycles. The summed E-state index contributed by atoms with van der Waals surface area (Å²) in [6.07, 6.45) is -2.61. The molecule has 2 aliphatic rings. The average molecular weight is 489 g/mol. The smallest absolute Gasteiger partial charge is 0.357 e. The number of rotatable bonds is 4. The highest BCUT2D eigenvalue weighted by Crippen LogP contribution is 2.38. The van der Waals surface area contributed by atoms with Crippen molar-refractivity contribution in [1.82, 2.24) is 19.7 Å². The lowest BCUT2D eigenvalue weighted by molar-refractivity contribution is -0.134. The molecule has 0 spiro atoms. The fourth-order valence-electron chi connectivity index (χ4n) is 4.38. The van der Waals surface area contributed by atoms with Crippen LogP contribution in [0.2, 0.25) is 0 Å². The molecule has 0 aliphatic carbocycles. The normalized spacial score (nSPS) is 17.6. The molecule has 2 fully saturated rings. The van der Waals surface area contributed by atoms with Gasteiger partial charge in [0.05, 0.1) is 0 Å². The van der Waals surface area contributed by atoms with Crippen LogP contribution in [0.5, 0.6) is 0 Å². The molecule has 10 heteroatoms. The van der Waals surface area contributed by atoms with Crippen molar-refractivity contribution >= 4 is 23.2 Å². The van der Waals surface area contributed by atoms with Crippen molar-refractivity contribution in [3.63, 3.8) is 0 Å². The van der Waals surface area contributed by atoms with Gasteiger partial charge in [0.15, 0.2) is 0 Å². The third-order valence-corrected chi connectivity index (χ3v) is 7.58. The van der Waals surface area contributed by atoms with Gasteiger partial charge >= 0.3 is 6.18 Å². The quantitative estimate of drug-likeness (QED) is 0.603. The molecular weight excluding hydrogens is 465 g/mol. The van der Waals surface area contributed by atoms with E-state index in [1.165, 1.54) is 6.07 Å². The average Bonchev–Trinajstić information content (AvgIpc) is 3.50. The first kappa shape index (κ1) is 22.7. The molecule has 0 radical (unpaired) electrons. The number of hydrogen-bond donors (Lipinski definition) is 1. The van der Waals surface area contributed by atoms with Crippen LogP contribution >= 0.6 is 11.3 Å². The van der Waals surface area contributed by atoms with Crippen molar-refractivity contribution in [2.75, 3.05) is 39.3 Å². The van der Waals surface area contributed by atoms with E-state index in [1.54, 1.807) is 41.4 Å². The summed E-state index contributed by atoms with van der Waals surface area (Å²) < 4.78 is 38.5. The molecule has 3 aromatic rings. The van der Waals surface area contributed by atoms with Crippen molar-refractivity contribution in [3.8, 4) is 10.4 Å². The Kier molecular flexibility index (Phi) is 5.95. The number of halogens is 3. The van der Waals surface area contributed by atoms with E-state index in [2.05, 4.69) is 9.88 Å². The summed E-state index contributed by atoms with van der Waals surface area (Å²) in [5.74, 6) is -0.0683. The SMILES string of the molecule is O=C(c1ccc(-c2ccc(C(F)(F)F)s2)cc1)N1CC(N2CCN(C(=O)c3ccc[nH]3)CC2)C1. The number of benzene rings is 1. The molecule has 2 amide bonds. The third-order valence-electron chi connectivity index (χ3n) is 6.40. The zero-order valence-electron chi connectivity index (χ0n) is 18.2. The molecule has 6 nitrogen and oxygen atoms in total. The van der Waals surface area contributed by atoms with Gasteiger partial charge in [0.1, 0.15) is 10.6 Å². The minimum Gasteiger partial charge on any atom is -0.357 e. The minimum atomic E-state index is -4.35. The van der Waals surface area contributed by atoms with E-state index in [0.29, 0.717) is 59.2 Å². The van der Waals surface area contributed by atoms with Gasteiger partial charge in [0.2, 0.25) is 0 Å². The predicted octanol–water partition coefficient (Wildman–Crippen LogP) is 4.04. The van der Waals surface area contributed by atoms with Crippen LogP contribution in [0.15, 0.2) is 54.7 Å². The summed E-state index contributed by atoms with van der Waals surface area (Å²) in [6.45, 7) is 4.12. The van der Waals surface area contributed by atoms with Crippen molar-refractivity contribution in [3.05, 3.63) is 70.9 Å². The molecule has 5 rings (SSSR count). The van der Waals surface area contributed by atoms with Crippen LogP contribution < -0.4 is 0 Å². The number of nitrogens with zero attached hydrogens (tertiary/aromatic N) is 3. The van der Waals surface area contributed by atoms with Gasteiger partial charge in [-0.05, 0) is 42.0 Å². The lowest BCUT2D eigenvalue weighted by Crippen LogP contribution is -2.64. The number of alkyl halides is 3. The molecule has 1 aromatic carbocycles. The Morgan fingerprint density at radius 2 is 1.59 bits per heavy atom. The lowest BCUT2D eigenvalue weighted by atomic mass is 10.0. The first-order valence-electron chi connectivity index (χ1n) is 11.0. The molecule has 2 saturated heterocycles. The van der Waals surface area contributed by atoms with Gasteiger partial charge in [0, 0.05) is 61.9 Å². The van der Waals surface area contributed by atoms with Crippen molar-refractivity contribution in [1.29, 1.82) is 0 Å². The standard InChI is InChI=1S/C24H23F3N4O2S/c25-24(26,27)21-8-7-20(34-21)16-3-5-17(6-4-16)22(32)31-14-18(15-31)29-10-12-30(13-11-29)23(33)19-2-1-9-28-19/h1-9,18,28H,10-15H2. The van der Waals surface area contributed by atoms with Crippen LogP contribution in [0, 0.1) is 0 Å². The minimum absolute atomic E-state index is 0.00990. The largest absolute Gasteiger partial charge is 0.425 e. The Labute approximate surface area is 198 Å². The second kappa shape index (κ2) is 8.92. The first-order chi connectivity index (χ1) is 16.3. The molecule has 34 heavy (non-hydrogen) atoms. The molecule has 0 unspecified atom stereocenters. The van der Waals surface area contributed by atoms with Crippen LogP contribution in [0.25, 0.3) is 10.4 Å². The van der Waals surface area contributed by atoms with Gasteiger partial charge in [-0.15, -0.1) is 11.3 Å². The van der Waals surface area contributed by atoms with E-state index in [9.17, 15) is 22.8 Å². The van der Waals surface area contributed by atoms with E-state index in [0.717, 1.165) is 19.2 Å². The Hall–Kier alpha value is -3.11. The highest BCUT2D eigenvalue weighted by molar-refractivity contribution is 7.15. The van der Waals surface area contributed by atoms with E-state index >= 15 is 0 Å². The van der Waals surface area contributed by atoms with Gasteiger partial charge in [-0.25, -0.2) is 0 Å². The van der Waals surface area contributed by atoms with Gasteiger partial charge in [-0.1, -0.05) is 12.1 Å². The second-order valence-corrected chi connectivity index (χ2v) is 9.60. The maximum atomic E-state index is 12.8. The molecule has 0 bridgehead atoms. The number of thiophene rings is 1. The fraction of sp³-hybridized carbons (Fsp3) is 0.333. The maximum absolute atomic E-state index is 12.8. The van der Waals surface area contributed by atoms with Gasteiger partial charge in [-0.2, -0.15) is 13.2 Å². The van der Waals surface area contributed by atoms with Gasteiger partial charge < -0.3 is 14.8 Å². The molecule has 0 saturated carbocycles. The Balaban J connectivity index is 1.12. The monoisotopic (exact) mass is 488 g/mol. The van der Waals surface area contributed by atoms with Crippen LogP contribution in [-0.4, -0.2) is 76.8 Å². The molecule has 1 N–H and O–H groups in total. The fourth-order valence-corrected chi connectivity index (χ4v) is 5.26. The number of likely N-dealkylation sites (tertiary alicyclic amines) is 1. The van der Waals surface area contributed by atoms with Crippen molar-refractivity contribution in [2.24, 2.45) is 0 Å². The number of amides is 2. The zero-order valence-corrected chi connectivity index (χ0v) is 19.0. The summed E-state index contributed by atoms with van der Waals surface area (Å²) in [5.41, 5.74) is 1.78. The summed E-state index contributed by atoms with van der Waals surface area (Å²) in [4.78, 5) is 34.0. The van der Waals surface area contributed by atoms with Crippen LogP contribution in [-0.2, 0) is 6.18 Å². The molecular formula is C24H23F3N4O2S. The maximum Gasteiger partial charge on any atom is 0.425 e. The molecule has 4 heterocycles. The van der Waals surface area contributed by atoms with E-state index in [-0.39, 0.29) is 17.9 Å². The van der Waals surface area contributed by atoms with E-state index < -0.39 is 11.1 Å². The van der Waals surface area contributed by atoms with Gasteiger partial charge in [0.25, 0.3) is 11.8 Å². The highest BCUT2D eigenvalue weighted by Gasteiger charge is 2.37. The summed E-state index contributed by atoms with van der Waals surface area (Å²) >= 11 is 0.694. The number of nitrogens with one attached hydrogen (secondary N) is 1. The zero-order chi connectivity index (χ0) is 23.9. The summed E-state index contributed by atoms with van der Waals surface area (Å²) in [6, 6.07) is 13.1. The molecule has 178 valence electrons. The third kappa shape index (κ3) is 4.47. The van der Waals surface area contributed by atoms with Crippen LogP contribution in [0.1, 0.15) is 25.7 Å². The number of piperazine rings is 1. The van der Waals surface area contributed by atoms with Crippen LogP contribution in [0.3, 0.4) is 0 Å². The number of hydrogen-bond acceptors (Lipinski definition) is 4. The lowest BCUT2D eigenvalue weighted by Gasteiger charge is -2.48. The van der Waals surface area contributed by atoms with Crippen molar-refractivity contribution < 1.29 is 22.8 Å². The number of aromatic nitrogens is 1. The van der Waals surface area contributed by atoms with Gasteiger partial charge in [-0.3, -0.25) is 14.5 Å². The topological polar surface area (TPSA) is 59.7 Å². The first-order valence-corrected chi connectivity index (χ1v) is 11.8. The van der Waals surface area contributed by atoms with E-state index in [4.69, 9.17) is 0 Å². The number of carbonyl (C=O) groups is 2. The Morgan fingerprint density at radius 1 is 0.882 bits per heavy atom. The highest BCUT2D eigenvalue weighted by atomic mass is 32.1. The van der Waals surface area contributed by atoms with Crippen LogP contribution in [0.4, 0.5) is 13.2 Å². The second-order valence-electron chi connectivity index (χ2n) is 8.51.